The van der Waals surface area contributed by atoms with Crippen molar-refractivity contribution in [1.82, 2.24) is 20.1 Å². The summed E-state index contributed by atoms with van der Waals surface area (Å²) in [6.07, 6.45) is 6.86. The van der Waals surface area contributed by atoms with Gasteiger partial charge in [-0.1, -0.05) is 39.0 Å². The standard InChI is InChI=1S/C20H30N4OS2/c1-5-13-8-9-16-14(10-13)11-17(27-16)19-22-23-20(24(19)4)26-12-18(25)21-15(6-2)7-3/h11,13,15H,5-10,12H2,1-4H3,(H,21,25)/t13-/m1/s1. The van der Waals surface area contributed by atoms with E-state index in [1.807, 2.05) is 23.0 Å². The zero-order chi connectivity index (χ0) is 19.4. The maximum atomic E-state index is 12.1. The van der Waals surface area contributed by atoms with Crippen molar-refractivity contribution < 1.29 is 4.79 Å². The van der Waals surface area contributed by atoms with E-state index in [1.165, 1.54) is 52.8 Å². The number of thiophene rings is 1. The van der Waals surface area contributed by atoms with E-state index in [9.17, 15) is 4.79 Å². The molecule has 2 aromatic heterocycles. The van der Waals surface area contributed by atoms with Crippen molar-refractivity contribution in [3.8, 4) is 10.7 Å². The highest BCUT2D eigenvalue weighted by Crippen LogP contribution is 2.37. The summed E-state index contributed by atoms with van der Waals surface area (Å²) in [7, 11) is 1.99. The largest absolute Gasteiger partial charge is 0.353 e. The lowest BCUT2D eigenvalue weighted by atomic mass is 9.87. The van der Waals surface area contributed by atoms with Crippen LogP contribution < -0.4 is 5.32 Å². The topological polar surface area (TPSA) is 59.8 Å². The lowest BCUT2D eigenvalue weighted by molar-refractivity contribution is -0.119. The zero-order valence-corrected chi connectivity index (χ0v) is 18.4. The monoisotopic (exact) mass is 406 g/mol. The van der Waals surface area contributed by atoms with E-state index in [4.69, 9.17) is 0 Å². The van der Waals surface area contributed by atoms with Gasteiger partial charge in [-0.3, -0.25) is 4.79 Å². The van der Waals surface area contributed by atoms with Crippen LogP contribution >= 0.6 is 23.1 Å². The third-order valence-corrected chi connectivity index (χ3v) is 7.75. The van der Waals surface area contributed by atoms with E-state index in [2.05, 4.69) is 42.4 Å². The average Bonchev–Trinajstić information content (AvgIpc) is 3.26. The molecule has 27 heavy (non-hydrogen) atoms. The summed E-state index contributed by atoms with van der Waals surface area (Å²) in [4.78, 5) is 14.8. The van der Waals surface area contributed by atoms with Crippen LogP contribution in [0.3, 0.4) is 0 Å². The number of thioether (sulfide) groups is 1. The van der Waals surface area contributed by atoms with Crippen LogP contribution in [-0.2, 0) is 24.7 Å². The Morgan fingerprint density at radius 3 is 2.85 bits per heavy atom. The summed E-state index contributed by atoms with van der Waals surface area (Å²) < 4.78 is 2.02. The predicted octanol–water partition coefficient (Wildman–Crippen LogP) is 4.46. The summed E-state index contributed by atoms with van der Waals surface area (Å²) in [5.74, 6) is 2.17. The van der Waals surface area contributed by atoms with Gasteiger partial charge in [0, 0.05) is 18.0 Å². The Hall–Kier alpha value is -1.34. The van der Waals surface area contributed by atoms with Gasteiger partial charge in [0.05, 0.1) is 10.6 Å². The number of hydrogen-bond acceptors (Lipinski definition) is 5. The molecule has 2 heterocycles. The third-order valence-electron chi connectivity index (χ3n) is 5.50. The molecule has 148 valence electrons. The van der Waals surface area contributed by atoms with Gasteiger partial charge >= 0.3 is 0 Å². The van der Waals surface area contributed by atoms with Crippen molar-refractivity contribution in [3.05, 3.63) is 16.5 Å². The Balaban J connectivity index is 1.66. The molecule has 0 aromatic carbocycles. The van der Waals surface area contributed by atoms with Crippen LogP contribution in [0.2, 0.25) is 0 Å². The van der Waals surface area contributed by atoms with Gasteiger partial charge < -0.3 is 9.88 Å². The van der Waals surface area contributed by atoms with Crippen LogP contribution in [0.4, 0.5) is 0 Å². The number of nitrogens with zero attached hydrogens (tertiary/aromatic N) is 3. The van der Waals surface area contributed by atoms with Crippen LogP contribution in [0.25, 0.3) is 10.7 Å². The van der Waals surface area contributed by atoms with E-state index in [-0.39, 0.29) is 11.9 Å². The maximum absolute atomic E-state index is 12.1. The number of carbonyl (C=O) groups excluding carboxylic acids is 1. The lowest BCUT2D eigenvalue weighted by Gasteiger charge is -2.19. The number of amides is 1. The Bertz CT molecular complexity index is 779. The summed E-state index contributed by atoms with van der Waals surface area (Å²) >= 11 is 3.31. The van der Waals surface area contributed by atoms with Crippen molar-refractivity contribution in [2.24, 2.45) is 13.0 Å². The first-order valence-corrected chi connectivity index (χ1v) is 11.8. The van der Waals surface area contributed by atoms with Gasteiger partial charge in [0.25, 0.3) is 0 Å². The molecule has 2 aromatic rings. The molecule has 0 spiro atoms. The maximum Gasteiger partial charge on any atom is 0.230 e. The zero-order valence-electron chi connectivity index (χ0n) is 16.7. The van der Waals surface area contributed by atoms with Crippen molar-refractivity contribution in [2.45, 2.75) is 70.5 Å². The van der Waals surface area contributed by atoms with E-state index < -0.39 is 0 Å². The number of hydrogen-bond donors (Lipinski definition) is 1. The normalized spacial score (nSPS) is 16.6. The molecule has 1 N–H and O–H groups in total. The van der Waals surface area contributed by atoms with Crippen LogP contribution in [0.15, 0.2) is 11.2 Å². The van der Waals surface area contributed by atoms with Crippen molar-refractivity contribution >= 4 is 29.0 Å². The first kappa shape index (κ1) is 20.4. The Morgan fingerprint density at radius 2 is 2.15 bits per heavy atom. The molecule has 7 heteroatoms. The number of aromatic nitrogens is 3. The van der Waals surface area contributed by atoms with E-state index >= 15 is 0 Å². The predicted molar refractivity (Wildman–Crippen MR) is 113 cm³/mol. The van der Waals surface area contributed by atoms with E-state index in [1.54, 1.807) is 0 Å². The smallest absolute Gasteiger partial charge is 0.230 e. The van der Waals surface area contributed by atoms with Gasteiger partial charge in [0.2, 0.25) is 5.91 Å². The summed E-state index contributed by atoms with van der Waals surface area (Å²) in [6.45, 7) is 6.48. The third kappa shape index (κ3) is 4.74. The molecule has 5 nitrogen and oxygen atoms in total. The van der Waals surface area contributed by atoms with Crippen molar-refractivity contribution in [3.63, 3.8) is 0 Å². The number of aryl methyl sites for hydroxylation is 1. The molecule has 0 radical (unpaired) electrons. The number of carbonyl (C=O) groups is 1. The second-order valence-electron chi connectivity index (χ2n) is 7.31. The molecule has 0 bridgehead atoms. The lowest BCUT2D eigenvalue weighted by Crippen LogP contribution is -2.35. The highest BCUT2D eigenvalue weighted by Gasteiger charge is 2.22. The molecule has 3 rings (SSSR count). The second kappa shape index (κ2) is 9.24. The number of fused-ring (bicyclic) bond motifs is 1. The van der Waals surface area contributed by atoms with Crippen molar-refractivity contribution in [1.29, 1.82) is 0 Å². The molecule has 0 aliphatic heterocycles. The molecule has 1 atom stereocenters. The highest BCUT2D eigenvalue weighted by atomic mass is 32.2. The van der Waals surface area contributed by atoms with Gasteiger partial charge in [0.15, 0.2) is 11.0 Å². The molecule has 0 saturated heterocycles. The van der Waals surface area contributed by atoms with Gasteiger partial charge in [-0.15, -0.1) is 21.5 Å². The second-order valence-corrected chi connectivity index (χ2v) is 9.39. The van der Waals surface area contributed by atoms with Gasteiger partial charge in [0.1, 0.15) is 0 Å². The van der Waals surface area contributed by atoms with Crippen molar-refractivity contribution in [2.75, 3.05) is 5.75 Å². The van der Waals surface area contributed by atoms with Gasteiger partial charge in [-0.25, -0.2) is 0 Å². The van der Waals surface area contributed by atoms with E-state index in [0.717, 1.165) is 29.7 Å². The molecule has 0 unspecified atom stereocenters. The molecule has 1 aliphatic carbocycles. The minimum Gasteiger partial charge on any atom is -0.353 e. The first-order valence-electron chi connectivity index (χ1n) is 9.99. The molecular weight excluding hydrogens is 376 g/mol. The molecular formula is C20H30N4OS2. The SMILES string of the molecule is CCC(CC)NC(=O)CSc1nnc(-c2cc3c(s2)CC[C@@H](CC)C3)n1C. The highest BCUT2D eigenvalue weighted by molar-refractivity contribution is 7.99. The number of rotatable bonds is 8. The van der Waals surface area contributed by atoms with Gasteiger partial charge in [-0.05, 0) is 49.7 Å². The minimum absolute atomic E-state index is 0.0652. The fourth-order valence-corrected chi connectivity index (χ4v) is 5.56. The quantitative estimate of drug-likeness (QED) is 0.658. The summed E-state index contributed by atoms with van der Waals surface area (Å²) in [6, 6.07) is 2.57. The first-order chi connectivity index (χ1) is 13.0. The Labute approximate surface area is 170 Å². The molecule has 1 aliphatic rings. The fraction of sp³-hybridized carbons (Fsp3) is 0.650. The molecule has 0 fully saturated rings. The Morgan fingerprint density at radius 1 is 1.37 bits per heavy atom. The van der Waals surface area contributed by atoms with Crippen LogP contribution in [-0.4, -0.2) is 32.5 Å². The summed E-state index contributed by atoms with van der Waals surface area (Å²) in [5.41, 5.74) is 1.50. The average molecular weight is 407 g/mol. The van der Waals surface area contributed by atoms with Crippen LogP contribution in [0, 0.1) is 5.92 Å². The Kier molecular flexibility index (Phi) is 6.98. The molecule has 0 saturated carbocycles. The van der Waals surface area contributed by atoms with E-state index in [0.29, 0.717) is 5.75 Å². The molecule has 1 amide bonds. The minimum atomic E-state index is 0.0652. The summed E-state index contributed by atoms with van der Waals surface area (Å²) in [5, 5.41) is 12.6. The van der Waals surface area contributed by atoms with Crippen LogP contribution in [0.5, 0.6) is 0 Å². The number of nitrogens with one attached hydrogen (secondary N) is 1. The van der Waals surface area contributed by atoms with Gasteiger partial charge in [-0.2, -0.15) is 0 Å². The fourth-order valence-electron chi connectivity index (χ4n) is 3.61. The van der Waals surface area contributed by atoms with Crippen LogP contribution in [0.1, 0.15) is 56.9 Å².